The van der Waals surface area contributed by atoms with E-state index >= 15 is 0 Å². The minimum atomic E-state index is -0.352. The van der Waals surface area contributed by atoms with Crippen molar-refractivity contribution in [3.63, 3.8) is 0 Å². The molecule has 3 saturated heterocycles. The van der Waals surface area contributed by atoms with Gasteiger partial charge in [0.15, 0.2) is 0 Å². The maximum atomic E-state index is 12.4. The van der Waals surface area contributed by atoms with Gasteiger partial charge in [-0.25, -0.2) is 0 Å². The standard InChI is InChI=1S/C14H25N3O2/c18-12-8-13(15-9-12)14(19)17-7-4-11(10-17)16-5-2-1-3-6-16/h11-13,15,18H,1-10H2. The topological polar surface area (TPSA) is 55.8 Å². The molecule has 0 aromatic heterocycles. The lowest BCUT2D eigenvalue weighted by Crippen LogP contribution is -2.45. The van der Waals surface area contributed by atoms with Crippen LogP contribution in [-0.2, 0) is 4.79 Å². The summed E-state index contributed by atoms with van der Waals surface area (Å²) in [4.78, 5) is 16.9. The highest BCUT2D eigenvalue weighted by atomic mass is 16.3. The Morgan fingerprint density at radius 2 is 1.95 bits per heavy atom. The number of nitrogens with zero attached hydrogens (tertiary/aromatic N) is 2. The third-order valence-corrected chi connectivity index (χ3v) is 4.79. The van der Waals surface area contributed by atoms with Crippen molar-refractivity contribution < 1.29 is 9.90 Å². The molecule has 3 fully saturated rings. The lowest BCUT2D eigenvalue weighted by Gasteiger charge is -2.32. The van der Waals surface area contributed by atoms with Gasteiger partial charge in [-0.2, -0.15) is 0 Å². The zero-order valence-corrected chi connectivity index (χ0v) is 11.6. The number of hydrogen-bond donors (Lipinski definition) is 2. The number of amides is 1. The summed E-state index contributed by atoms with van der Waals surface area (Å²) in [7, 11) is 0. The Kier molecular flexibility index (Phi) is 4.05. The van der Waals surface area contributed by atoms with Gasteiger partial charge in [0, 0.05) is 25.7 Å². The van der Waals surface area contributed by atoms with E-state index in [0.29, 0.717) is 19.0 Å². The molecule has 3 aliphatic heterocycles. The molecule has 0 aliphatic carbocycles. The van der Waals surface area contributed by atoms with Crippen molar-refractivity contribution in [1.82, 2.24) is 15.1 Å². The van der Waals surface area contributed by atoms with Crippen molar-refractivity contribution in [3.05, 3.63) is 0 Å². The molecule has 5 nitrogen and oxygen atoms in total. The maximum Gasteiger partial charge on any atom is 0.239 e. The smallest absolute Gasteiger partial charge is 0.239 e. The monoisotopic (exact) mass is 267 g/mol. The molecule has 1 amide bonds. The SMILES string of the molecule is O=C(C1CC(O)CN1)N1CCC(N2CCCCC2)C1. The van der Waals surface area contributed by atoms with Crippen LogP contribution in [0.2, 0.25) is 0 Å². The van der Waals surface area contributed by atoms with Crippen molar-refractivity contribution in [2.75, 3.05) is 32.7 Å². The van der Waals surface area contributed by atoms with Gasteiger partial charge in [0.25, 0.3) is 0 Å². The predicted octanol–water partition coefficient (Wildman–Crippen LogP) is -0.204. The Morgan fingerprint density at radius 3 is 2.63 bits per heavy atom. The molecular formula is C14H25N3O2. The summed E-state index contributed by atoms with van der Waals surface area (Å²) in [6, 6.07) is 0.408. The van der Waals surface area contributed by atoms with E-state index < -0.39 is 0 Å². The molecule has 3 rings (SSSR count). The molecule has 3 atom stereocenters. The Labute approximate surface area is 114 Å². The van der Waals surface area contributed by atoms with Crippen molar-refractivity contribution >= 4 is 5.91 Å². The number of aliphatic hydroxyl groups is 1. The van der Waals surface area contributed by atoms with Gasteiger partial charge in [-0.05, 0) is 38.8 Å². The van der Waals surface area contributed by atoms with Gasteiger partial charge in [-0.1, -0.05) is 6.42 Å². The number of nitrogens with one attached hydrogen (secondary N) is 1. The maximum absolute atomic E-state index is 12.4. The lowest BCUT2D eigenvalue weighted by atomic mass is 10.1. The molecule has 3 unspecified atom stereocenters. The average Bonchev–Trinajstić information content (AvgIpc) is 3.08. The molecule has 0 aromatic carbocycles. The van der Waals surface area contributed by atoms with Crippen LogP contribution in [0.25, 0.3) is 0 Å². The fourth-order valence-electron chi connectivity index (χ4n) is 3.65. The van der Waals surface area contributed by atoms with Crippen LogP contribution < -0.4 is 5.32 Å². The van der Waals surface area contributed by atoms with Gasteiger partial charge in [0.05, 0.1) is 12.1 Å². The highest BCUT2D eigenvalue weighted by Gasteiger charge is 2.36. The molecule has 0 saturated carbocycles. The zero-order chi connectivity index (χ0) is 13.2. The van der Waals surface area contributed by atoms with Gasteiger partial charge in [0.2, 0.25) is 5.91 Å². The zero-order valence-electron chi connectivity index (χ0n) is 11.6. The molecular weight excluding hydrogens is 242 g/mol. The molecule has 3 heterocycles. The molecule has 108 valence electrons. The second-order valence-electron chi connectivity index (χ2n) is 6.17. The van der Waals surface area contributed by atoms with Crippen LogP contribution in [-0.4, -0.2) is 71.7 Å². The Morgan fingerprint density at radius 1 is 1.16 bits per heavy atom. The number of carbonyl (C=O) groups is 1. The largest absolute Gasteiger partial charge is 0.392 e. The molecule has 0 spiro atoms. The number of hydrogen-bond acceptors (Lipinski definition) is 4. The van der Waals surface area contributed by atoms with Gasteiger partial charge in [0.1, 0.15) is 0 Å². The highest BCUT2D eigenvalue weighted by Crippen LogP contribution is 2.21. The summed E-state index contributed by atoms with van der Waals surface area (Å²) in [6.07, 6.45) is 5.30. The highest BCUT2D eigenvalue weighted by molar-refractivity contribution is 5.82. The van der Waals surface area contributed by atoms with E-state index in [1.807, 2.05) is 4.90 Å². The normalized spacial score (nSPS) is 36.9. The fraction of sp³-hybridized carbons (Fsp3) is 0.929. The predicted molar refractivity (Wildman–Crippen MR) is 72.8 cm³/mol. The van der Waals surface area contributed by atoms with Crippen LogP contribution >= 0.6 is 0 Å². The van der Waals surface area contributed by atoms with E-state index in [0.717, 1.165) is 19.5 Å². The van der Waals surface area contributed by atoms with Crippen LogP contribution in [0.4, 0.5) is 0 Å². The summed E-state index contributed by atoms with van der Waals surface area (Å²) < 4.78 is 0. The first-order valence-corrected chi connectivity index (χ1v) is 7.68. The van der Waals surface area contributed by atoms with Gasteiger partial charge >= 0.3 is 0 Å². The van der Waals surface area contributed by atoms with Gasteiger partial charge in [-0.3, -0.25) is 9.69 Å². The molecule has 3 aliphatic rings. The van der Waals surface area contributed by atoms with Crippen LogP contribution in [0, 0.1) is 0 Å². The number of β-amino-alcohol motifs (C(OH)–C–C–N with tert-alkyl or cyclic N) is 1. The third-order valence-electron chi connectivity index (χ3n) is 4.79. The van der Waals surface area contributed by atoms with Crippen molar-refractivity contribution in [2.24, 2.45) is 0 Å². The average molecular weight is 267 g/mol. The summed E-state index contributed by atoms with van der Waals surface area (Å²) in [5.41, 5.74) is 0. The molecule has 0 radical (unpaired) electrons. The van der Waals surface area contributed by atoms with E-state index in [-0.39, 0.29) is 18.1 Å². The second kappa shape index (κ2) is 5.77. The summed E-state index contributed by atoms with van der Waals surface area (Å²) >= 11 is 0. The third kappa shape index (κ3) is 2.93. The van der Waals surface area contributed by atoms with E-state index in [4.69, 9.17) is 0 Å². The number of piperidine rings is 1. The molecule has 0 bridgehead atoms. The first-order valence-electron chi connectivity index (χ1n) is 7.68. The Hall–Kier alpha value is -0.650. The van der Waals surface area contributed by atoms with Gasteiger partial charge < -0.3 is 15.3 Å². The first-order chi connectivity index (χ1) is 9.24. The number of likely N-dealkylation sites (tertiary alicyclic amines) is 2. The lowest BCUT2D eigenvalue weighted by molar-refractivity contribution is -0.132. The fourth-order valence-corrected chi connectivity index (χ4v) is 3.65. The number of rotatable bonds is 2. The van der Waals surface area contributed by atoms with Crippen molar-refractivity contribution in [1.29, 1.82) is 0 Å². The Bertz CT molecular complexity index is 331. The number of aliphatic hydroxyl groups excluding tert-OH is 1. The van der Waals surface area contributed by atoms with Crippen LogP contribution in [0.15, 0.2) is 0 Å². The van der Waals surface area contributed by atoms with E-state index in [9.17, 15) is 9.90 Å². The summed E-state index contributed by atoms with van der Waals surface area (Å²) in [6.45, 7) is 4.72. The summed E-state index contributed by atoms with van der Waals surface area (Å²) in [5, 5.41) is 12.6. The van der Waals surface area contributed by atoms with Crippen LogP contribution in [0.1, 0.15) is 32.1 Å². The minimum absolute atomic E-state index is 0.157. The first kappa shape index (κ1) is 13.3. The van der Waals surface area contributed by atoms with E-state index in [2.05, 4.69) is 10.2 Å². The van der Waals surface area contributed by atoms with Crippen LogP contribution in [0.3, 0.4) is 0 Å². The molecule has 5 heteroatoms. The van der Waals surface area contributed by atoms with E-state index in [1.165, 1.54) is 32.4 Å². The van der Waals surface area contributed by atoms with E-state index in [1.54, 1.807) is 0 Å². The quantitative estimate of drug-likeness (QED) is 0.727. The minimum Gasteiger partial charge on any atom is -0.392 e. The second-order valence-corrected chi connectivity index (χ2v) is 6.17. The van der Waals surface area contributed by atoms with Crippen molar-refractivity contribution in [2.45, 2.75) is 50.3 Å². The summed E-state index contributed by atoms with van der Waals surface area (Å²) in [5.74, 6) is 0.191. The molecule has 0 aromatic rings. The molecule has 2 N–H and O–H groups in total. The Balaban J connectivity index is 1.52. The molecule has 19 heavy (non-hydrogen) atoms. The van der Waals surface area contributed by atoms with Gasteiger partial charge in [-0.15, -0.1) is 0 Å². The number of carbonyl (C=O) groups excluding carboxylic acids is 1. The van der Waals surface area contributed by atoms with Crippen LogP contribution in [0.5, 0.6) is 0 Å². The van der Waals surface area contributed by atoms with Crippen molar-refractivity contribution in [3.8, 4) is 0 Å².